The van der Waals surface area contributed by atoms with E-state index in [0.29, 0.717) is 10.4 Å². The quantitative estimate of drug-likeness (QED) is 0.905. The molecule has 2 nitrogen and oxygen atoms in total. The van der Waals surface area contributed by atoms with Gasteiger partial charge in [0.1, 0.15) is 5.82 Å². The maximum atomic E-state index is 5.86. The molecule has 0 aliphatic heterocycles. The van der Waals surface area contributed by atoms with Crippen LogP contribution < -0.4 is 5.32 Å². The van der Waals surface area contributed by atoms with Gasteiger partial charge >= 0.3 is 0 Å². The van der Waals surface area contributed by atoms with Gasteiger partial charge in [0, 0.05) is 12.7 Å². The molecular formula is C12H14BrClN2. The Hall–Kier alpha value is -0.280. The summed E-state index contributed by atoms with van der Waals surface area (Å²) >= 11 is 9.34. The second-order valence-electron chi connectivity index (χ2n) is 4.97. The Labute approximate surface area is 109 Å². The number of rotatable bonds is 4. The molecule has 2 fully saturated rings. The van der Waals surface area contributed by atoms with Crippen molar-refractivity contribution in [2.75, 3.05) is 11.9 Å². The fourth-order valence-electron chi connectivity index (χ4n) is 2.39. The van der Waals surface area contributed by atoms with Crippen molar-refractivity contribution < 1.29 is 0 Å². The van der Waals surface area contributed by atoms with E-state index in [1.54, 1.807) is 6.20 Å². The van der Waals surface area contributed by atoms with Gasteiger partial charge in [-0.15, -0.1) is 0 Å². The number of hydrogen-bond acceptors (Lipinski definition) is 2. The second kappa shape index (κ2) is 3.88. The van der Waals surface area contributed by atoms with E-state index in [1.807, 2.05) is 6.07 Å². The Morgan fingerprint density at radius 2 is 2.25 bits per heavy atom. The first-order valence-corrected chi connectivity index (χ1v) is 6.92. The second-order valence-corrected chi connectivity index (χ2v) is 6.26. The molecule has 86 valence electrons. The zero-order valence-corrected chi connectivity index (χ0v) is 11.3. The van der Waals surface area contributed by atoms with Crippen molar-refractivity contribution >= 4 is 33.3 Å². The summed E-state index contributed by atoms with van der Waals surface area (Å²) in [6.45, 7) is 1.06. The maximum Gasteiger partial charge on any atom is 0.140 e. The molecule has 1 aromatic rings. The number of nitrogens with one attached hydrogen (secondary N) is 1. The van der Waals surface area contributed by atoms with Crippen LogP contribution in [0, 0.1) is 11.3 Å². The minimum Gasteiger partial charge on any atom is -0.369 e. The van der Waals surface area contributed by atoms with Crippen LogP contribution in [0.3, 0.4) is 0 Å². The summed E-state index contributed by atoms with van der Waals surface area (Å²) in [6, 6.07) is 1.88. The fourth-order valence-corrected chi connectivity index (χ4v) is 3.17. The first kappa shape index (κ1) is 10.8. The average Bonchev–Trinajstić information content (AvgIpc) is 3.11. The van der Waals surface area contributed by atoms with Gasteiger partial charge in [-0.3, -0.25) is 0 Å². The van der Waals surface area contributed by atoms with Crippen molar-refractivity contribution in [2.24, 2.45) is 11.3 Å². The van der Waals surface area contributed by atoms with Crippen LogP contribution in [0.1, 0.15) is 25.7 Å². The molecule has 0 bridgehead atoms. The molecule has 1 heterocycles. The molecule has 0 saturated heterocycles. The summed E-state index contributed by atoms with van der Waals surface area (Å²) in [5.41, 5.74) is 0.598. The Balaban J connectivity index is 1.66. The van der Waals surface area contributed by atoms with Crippen molar-refractivity contribution in [3.63, 3.8) is 0 Å². The molecule has 0 spiro atoms. The van der Waals surface area contributed by atoms with Crippen LogP contribution in [0.5, 0.6) is 0 Å². The van der Waals surface area contributed by atoms with E-state index < -0.39 is 0 Å². The van der Waals surface area contributed by atoms with Gasteiger partial charge in [-0.25, -0.2) is 4.98 Å². The number of hydrogen-bond donors (Lipinski definition) is 1. The first-order valence-electron chi connectivity index (χ1n) is 5.75. The van der Waals surface area contributed by atoms with E-state index in [-0.39, 0.29) is 0 Å². The van der Waals surface area contributed by atoms with Gasteiger partial charge < -0.3 is 5.32 Å². The SMILES string of the molecule is Clc1cnc(NCC2(C3CC3)CC2)c(Br)c1. The van der Waals surface area contributed by atoms with Crippen LogP contribution in [0.25, 0.3) is 0 Å². The third kappa shape index (κ3) is 2.07. The van der Waals surface area contributed by atoms with E-state index in [2.05, 4.69) is 26.2 Å². The molecule has 0 unspecified atom stereocenters. The predicted molar refractivity (Wildman–Crippen MR) is 69.8 cm³/mol. The zero-order chi connectivity index (χ0) is 11.2. The van der Waals surface area contributed by atoms with Gasteiger partial charge in [0.2, 0.25) is 0 Å². The summed E-state index contributed by atoms with van der Waals surface area (Å²) < 4.78 is 0.951. The fraction of sp³-hybridized carbons (Fsp3) is 0.583. The van der Waals surface area contributed by atoms with Crippen molar-refractivity contribution in [1.82, 2.24) is 4.98 Å². The molecular weight excluding hydrogens is 288 g/mol. The Morgan fingerprint density at radius 1 is 1.50 bits per heavy atom. The summed E-state index contributed by atoms with van der Waals surface area (Å²) in [6.07, 6.45) is 7.31. The number of anilines is 1. The molecule has 0 atom stereocenters. The lowest BCUT2D eigenvalue weighted by Gasteiger charge is -2.16. The minimum atomic E-state index is 0.598. The highest BCUT2D eigenvalue weighted by Crippen LogP contribution is 2.61. The third-order valence-corrected chi connectivity index (χ3v) is 4.56. The average molecular weight is 302 g/mol. The van der Waals surface area contributed by atoms with Crippen molar-refractivity contribution in [3.05, 3.63) is 21.8 Å². The minimum absolute atomic E-state index is 0.598. The normalized spacial score (nSPS) is 21.9. The lowest BCUT2D eigenvalue weighted by Crippen LogP contribution is -2.18. The summed E-state index contributed by atoms with van der Waals surface area (Å²) in [4.78, 5) is 4.30. The number of pyridine rings is 1. The van der Waals surface area contributed by atoms with Gasteiger partial charge in [-0.1, -0.05) is 11.6 Å². The van der Waals surface area contributed by atoms with Crippen LogP contribution in [0.15, 0.2) is 16.7 Å². The van der Waals surface area contributed by atoms with Gasteiger partial charge in [0.25, 0.3) is 0 Å². The van der Waals surface area contributed by atoms with E-state index >= 15 is 0 Å². The van der Waals surface area contributed by atoms with E-state index in [9.17, 15) is 0 Å². The largest absolute Gasteiger partial charge is 0.369 e. The van der Waals surface area contributed by atoms with Crippen LogP contribution in [-0.4, -0.2) is 11.5 Å². The first-order chi connectivity index (χ1) is 7.70. The monoisotopic (exact) mass is 300 g/mol. The molecule has 2 aliphatic rings. The van der Waals surface area contributed by atoms with Crippen LogP contribution >= 0.6 is 27.5 Å². The van der Waals surface area contributed by atoms with Crippen LogP contribution in [0.4, 0.5) is 5.82 Å². The highest BCUT2D eigenvalue weighted by Gasteiger charge is 2.53. The lowest BCUT2D eigenvalue weighted by atomic mass is 10.0. The van der Waals surface area contributed by atoms with Crippen LogP contribution in [-0.2, 0) is 0 Å². The molecule has 2 aliphatic carbocycles. The summed E-state index contributed by atoms with van der Waals surface area (Å²) in [7, 11) is 0. The van der Waals surface area contributed by atoms with Gasteiger partial charge in [-0.05, 0) is 59.0 Å². The highest BCUT2D eigenvalue weighted by molar-refractivity contribution is 9.10. The molecule has 0 amide bonds. The van der Waals surface area contributed by atoms with Crippen molar-refractivity contribution in [1.29, 1.82) is 0 Å². The molecule has 16 heavy (non-hydrogen) atoms. The maximum absolute atomic E-state index is 5.86. The van der Waals surface area contributed by atoms with Gasteiger partial charge in [0.15, 0.2) is 0 Å². The number of halogens is 2. The highest BCUT2D eigenvalue weighted by atomic mass is 79.9. The third-order valence-electron chi connectivity index (χ3n) is 3.75. The smallest absolute Gasteiger partial charge is 0.140 e. The topological polar surface area (TPSA) is 24.9 Å². The van der Waals surface area contributed by atoms with E-state index in [0.717, 1.165) is 22.8 Å². The number of aromatic nitrogens is 1. The zero-order valence-electron chi connectivity index (χ0n) is 8.97. The lowest BCUT2D eigenvalue weighted by molar-refractivity contribution is 0.466. The molecule has 0 aromatic carbocycles. The van der Waals surface area contributed by atoms with Crippen molar-refractivity contribution in [2.45, 2.75) is 25.7 Å². The number of nitrogens with zero attached hydrogens (tertiary/aromatic N) is 1. The molecule has 2 saturated carbocycles. The molecule has 4 heteroatoms. The Bertz CT molecular complexity index is 413. The van der Waals surface area contributed by atoms with Gasteiger partial charge in [0.05, 0.1) is 9.50 Å². The summed E-state index contributed by atoms with van der Waals surface area (Å²) in [5, 5.41) is 4.11. The predicted octanol–water partition coefficient (Wildman–Crippen LogP) is 4.10. The Kier molecular flexibility index (Phi) is 2.63. The molecule has 0 radical (unpaired) electrons. The standard InChI is InChI=1S/C12H14BrClN2/c13-10-5-9(14)6-15-11(10)16-7-12(3-4-12)8-1-2-8/h5-6,8H,1-4,7H2,(H,15,16). The molecule has 3 rings (SSSR count). The van der Waals surface area contributed by atoms with Crippen molar-refractivity contribution in [3.8, 4) is 0 Å². The summed E-state index contributed by atoms with van der Waals surface area (Å²) in [5.74, 6) is 1.89. The molecule has 1 N–H and O–H groups in total. The van der Waals surface area contributed by atoms with Gasteiger partial charge in [-0.2, -0.15) is 0 Å². The van der Waals surface area contributed by atoms with E-state index in [4.69, 9.17) is 11.6 Å². The molecule has 1 aromatic heterocycles. The van der Waals surface area contributed by atoms with Crippen LogP contribution in [0.2, 0.25) is 5.02 Å². The van der Waals surface area contributed by atoms with E-state index in [1.165, 1.54) is 25.7 Å². The Morgan fingerprint density at radius 3 is 2.81 bits per heavy atom.